The molecule has 1 aliphatic heterocycles. The Morgan fingerprint density at radius 2 is 1.75 bits per heavy atom. The predicted octanol–water partition coefficient (Wildman–Crippen LogP) is 0.456. The average Bonchev–Trinajstić information content (AvgIpc) is 2.63. The lowest BCUT2D eigenvalue weighted by atomic mass is 10.1. The molecule has 5 nitrogen and oxygen atoms in total. The molecule has 1 fully saturated rings. The fourth-order valence-corrected chi connectivity index (χ4v) is 2.47. The van der Waals surface area contributed by atoms with Gasteiger partial charge in [-0.25, -0.2) is 0 Å². The van der Waals surface area contributed by atoms with Crippen molar-refractivity contribution in [3.63, 3.8) is 0 Å². The fourth-order valence-electron chi connectivity index (χ4n) is 2.47. The van der Waals surface area contributed by atoms with Gasteiger partial charge in [-0.1, -0.05) is 6.92 Å². The molecule has 5 heteroatoms. The highest BCUT2D eigenvalue weighted by atomic mass is 16.2. The van der Waals surface area contributed by atoms with E-state index in [1.54, 1.807) is 0 Å². The van der Waals surface area contributed by atoms with E-state index in [2.05, 4.69) is 30.6 Å². The Bertz CT molecular complexity index is 296. The van der Waals surface area contributed by atoms with E-state index in [9.17, 15) is 4.79 Å². The third-order valence-electron chi connectivity index (χ3n) is 4.18. The van der Waals surface area contributed by atoms with E-state index in [0.717, 1.165) is 45.7 Å². The molecule has 118 valence electrons. The molecule has 1 heterocycles. The van der Waals surface area contributed by atoms with Gasteiger partial charge in [-0.3, -0.25) is 9.69 Å². The van der Waals surface area contributed by atoms with Gasteiger partial charge in [-0.15, -0.1) is 0 Å². The second-order valence-corrected chi connectivity index (χ2v) is 6.37. The van der Waals surface area contributed by atoms with Crippen LogP contribution >= 0.6 is 0 Å². The zero-order valence-corrected chi connectivity index (χ0v) is 13.6. The van der Waals surface area contributed by atoms with Gasteiger partial charge in [0.1, 0.15) is 0 Å². The summed E-state index contributed by atoms with van der Waals surface area (Å²) >= 11 is 0. The Morgan fingerprint density at radius 1 is 1.15 bits per heavy atom. The maximum Gasteiger partial charge on any atom is 0.236 e. The molecule has 2 N–H and O–H groups in total. The first-order chi connectivity index (χ1) is 9.43. The quantitative estimate of drug-likeness (QED) is 0.770. The van der Waals surface area contributed by atoms with E-state index in [1.165, 1.54) is 0 Å². The molecule has 0 saturated carbocycles. The van der Waals surface area contributed by atoms with Gasteiger partial charge < -0.3 is 15.5 Å². The molecule has 0 radical (unpaired) electrons. The van der Waals surface area contributed by atoms with Gasteiger partial charge in [0.2, 0.25) is 5.91 Å². The van der Waals surface area contributed by atoms with Crippen LogP contribution in [0, 0.1) is 5.92 Å². The monoisotopic (exact) mass is 284 g/mol. The lowest BCUT2D eigenvalue weighted by Gasteiger charge is -2.26. The molecule has 1 aliphatic rings. The summed E-state index contributed by atoms with van der Waals surface area (Å²) in [4.78, 5) is 18.7. The molecular formula is C15H32N4O. The Hall–Kier alpha value is -0.650. The normalized spacial score (nSPS) is 19.9. The van der Waals surface area contributed by atoms with Crippen molar-refractivity contribution in [2.75, 3.05) is 52.9 Å². The number of amides is 1. The van der Waals surface area contributed by atoms with Crippen molar-refractivity contribution in [3.05, 3.63) is 0 Å². The van der Waals surface area contributed by atoms with Crippen LogP contribution in [0.25, 0.3) is 0 Å². The summed E-state index contributed by atoms with van der Waals surface area (Å²) in [5.41, 5.74) is 5.70. The zero-order valence-electron chi connectivity index (χ0n) is 13.6. The minimum Gasteiger partial charge on any atom is -0.342 e. The number of likely N-dealkylation sites (N-methyl/N-ethyl adjacent to an activating group) is 1. The molecular weight excluding hydrogens is 252 g/mol. The van der Waals surface area contributed by atoms with Crippen molar-refractivity contribution in [1.29, 1.82) is 0 Å². The summed E-state index contributed by atoms with van der Waals surface area (Å²) in [5, 5.41) is 0. The van der Waals surface area contributed by atoms with E-state index in [4.69, 9.17) is 5.73 Å². The minimum absolute atomic E-state index is 0.226. The second-order valence-electron chi connectivity index (χ2n) is 6.37. The topological polar surface area (TPSA) is 52.8 Å². The van der Waals surface area contributed by atoms with Crippen molar-refractivity contribution in [2.24, 2.45) is 11.7 Å². The highest BCUT2D eigenvalue weighted by Crippen LogP contribution is 2.07. The molecule has 1 rings (SSSR count). The highest BCUT2D eigenvalue weighted by molar-refractivity contribution is 5.78. The van der Waals surface area contributed by atoms with E-state index in [-0.39, 0.29) is 11.9 Å². The molecule has 0 aromatic heterocycles. The number of carbonyl (C=O) groups is 1. The largest absolute Gasteiger partial charge is 0.342 e. The van der Waals surface area contributed by atoms with Gasteiger partial charge in [0.25, 0.3) is 0 Å². The molecule has 1 saturated heterocycles. The van der Waals surface area contributed by atoms with Crippen molar-refractivity contribution in [2.45, 2.75) is 33.2 Å². The fraction of sp³-hybridized carbons (Fsp3) is 0.933. The first-order valence-electron chi connectivity index (χ1n) is 7.84. The molecule has 0 aromatic rings. The van der Waals surface area contributed by atoms with Crippen molar-refractivity contribution < 1.29 is 4.79 Å². The number of rotatable bonds is 6. The summed E-state index contributed by atoms with van der Waals surface area (Å²) in [6, 6.07) is 0.274. The molecule has 1 amide bonds. The summed E-state index contributed by atoms with van der Waals surface area (Å²) < 4.78 is 0. The van der Waals surface area contributed by atoms with Gasteiger partial charge in [-0.2, -0.15) is 0 Å². The molecule has 0 aliphatic carbocycles. The minimum atomic E-state index is 0.226. The van der Waals surface area contributed by atoms with E-state index >= 15 is 0 Å². The SMILES string of the molecule is CC(CN)CN1CCCN(CC(=O)N(C)C(C)C)CC1. The third kappa shape index (κ3) is 5.77. The Balaban J connectivity index is 2.38. The predicted molar refractivity (Wildman–Crippen MR) is 83.6 cm³/mol. The number of carbonyl (C=O) groups excluding carboxylic acids is 1. The van der Waals surface area contributed by atoms with Gasteiger partial charge in [0, 0.05) is 32.7 Å². The number of hydrogen-bond donors (Lipinski definition) is 1. The van der Waals surface area contributed by atoms with E-state index in [1.807, 2.05) is 11.9 Å². The van der Waals surface area contributed by atoms with Crippen LogP contribution in [0.4, 0.5) is 0 Å². The second kappa shape index (κ2) is 8.60. The first-order valence-corrected chi connectivity index (χ1v) is 7.84. The van der Waals surface area contributed by atoms with E-state index < -0.39 is 0 Å². The van der Waals surface area contributed by atoms with Crippen LogP contribution in [0.3, 0.4) is 0 Å². The number of hydrogen-bond acceptors (Lipinski definition) is 4. The van der Waals surface area contributed by atoms with Gasteiger partial charge in [-0.05, 0) is 45.8 Å². The highest BCUT2D eigenvalue weighted by Gasteiger charge is 2.20. The van der Waals surface area contributed by atoms with Gasteiger partial charge >= 0.3 is 0 Å². The van der Waals surface area contributed by atoms with Crippen LogP contribution in [-0.4, -0.2) is 79.5 Å². The molecule has 1 unspecified atom stereocenters. The molecule has 0 bridgehead atoms. The van der Waals surface area contributed by atoms with Crippen LogP contribution < -0.4 is 5.73 Å². The zero-order chi connectivity index (χ0) is 15.1. The van der Waals surface area contributed by atoms with Crippen molar-refractivity contribution >= 4 is 5.91 Å². The van der Waals surface area contributed by atoms with Gasteiger partial charge in [0.05, 0.1) is 6.54 Å². The number of nitrogens with zero attached hydrogens (tertiary/aromatic N) is 3. The molecule has 1 atom stereocenters. The van der Waals surface area contributed by atoms with E-state index in [0.29, 0.717) is 12.5 Å². The van der Waals surface area contributed by atoms with Gasteiger partial charge in [0.15, 0.2) is 0 Å². The van der Waals surface area contributed by atoms with Crippen LogP contribution in [-0.2, 0) is 4.79 Å². The summed E-state index contributed by atoms with van der Waals surface area (Å²) in [7, 11) is 1.89. The molecule has 0 aromatic carbocycles. The number of nitrogens with two attached hydrogens (primary N) is 1. The average molecular weight is 284 g/mol. The summed E-state index contributed by atoms with van der Waals surface area (Å²) in [6.07, 6.45) is 1.13. The summed E-state index contributed by atoms with van der Waals surface area (Å²) in [6.45, 7) is 12.8. The smallest absolute Gasteiger partial charge is 0.236 e. The van der Waals surface area contributed by atoms with Crippen LogP contribution in [0.2, 0.25) is 0 Å². The van der Waals surface area contributed by atoms with Crippen LogP contribution in [0.5, 0.6) is 0 Å². The third-order valence-corrected chi connectivity index (χ3v) is 4.18. The van der Waals surface area contributed by atoms with Crippen LogP contribution in [0.15, 0.2) is 0 Å². The standard InChI is InChI=1S/C15H32N4O/c1-13(2)17(4)15(20)12-19-7-5-6-18(8-9-19)11-14(3)10-16/h13-14H,5-12,16H2,1-4H3. The lowest BCUT2D eigenvalue weighted by molar-refractivity contribution is -0.132. The summed E-state index contributed by atoms with van der Waals surface area (Å²) in [5.74, 6) is 0.777. The first kappa shape index (κ1) is 17.4. The lowest BCUT2D eigenvalue weighted by Crippen LogP contribution is -2.42. The molecule has 0 spiro atoms. The van der Waals surface area contributed by atoms with Crippen molar-refractivity contribution in [1.82, 2.24) is 14.7 Å². The maximum atomic E-state index is 12.1. The Morgan fingerprint density at radius 3 is 2.35 bits per heavy atom. The maximum absolute atomic E-state index is 12.1. The molecule has 20 heavy (non-hydrogen) atoms. The Labute approximate surface area is 124 Å². The van der Waals surface area contributed by atoms with Crippen LogP contribution in [0.1, 0.15) is 27.2 Å². The van der Waals surface area contributed by atoms with Crippen molar-refractivity contribution in [3.8, 4) is 0 Å². The Kier molecular flexibility index (Phi) is 7.48.